The summed E-state index contributed by atoms with van der Waals surface area (Å²) in [5.74, 6) is -1.57. The summed E-state index contributed by atoms with van der Waals surface area (Å²) in [5, 5.41) is 0. The van der Waals surface area contributed by atoms with Crippen LogP contribution in [0.25, 0.3) is 0 Å². The summed E-state index contributed by atoms with van der Waals surface area (Å²) in [6.07, 6.45) is 0. The van der Waals surface area contributed by atoms with Gasteiger partial charge >= 0.3 is 0 Å². The van der Waals surface area contributed by atoms with Gasteiger partial charge in [0, 0.05) is 6.07 Å². The number of hydrogen-bond acceptors (Lipinski definition) is 3. The minimum absolute atomic E-state index is 0.0122. The normalized spacial score (nSPS) is 11.3. The molecule has 0 aliphatic carbocycles. The average molecular weight is 327 g/mol. The molecule has 0 saturated heterocycles. The number of ether oxygens (including phenoxy) is 1. The third-order valence-corrected chi connectivity index (χ3v) is 4.31. The molecule has 0 atom stereocenters. The molecule has 0 heterocycles. The van der Waals surface area contributed by atoms with E-state index in [4.69, 9.17) is 4.74 Å². The predicted molar refractivity (Wildman–Crippen MR) is 79.5 cm³/mol. The van der Waals surface area contributed by atoms with Crippen LogP contribution in [0, 0.1) is 18.6 Å². The Hall–Kier alpha value is -2.15. The van der Waals surface area contributed by atoms with Crippen LogP contribution in [0.5, 0.6) is 5.75 Å². The minimum atomic E-state index is -3.89. The number of hydrogen-bond donors (Lipinski definition) is 1. The van der Waals surface area contributed by atoms with E-state index in [2.05, 4.69) is 4.72 Å². The lowest BCUT2D eigenvalue weighted by Crippen LogP contribution is -2.13. The van der Waals surface area contributed by atoms with Crippen molar-refractivity contribution in [1.82, 2.24) is 0 Å². The lowest BCUT2D eigenvalue weighted by molar-refractivity contribution is 0.337. The summed E-state index contributed by atoms with van der Waals surface area (Å²) < 4.78 is 58.0. The first-order valence-electron chi connectivity index (χ1n) is 6.55. The van der Waals surface area contributed by atoms with Crippen molar-refractivity contribution in [3.63, 3.8) is 0 Å². The highest BCUT2D eigenvalue weighted by Gasteiger charge is 2.16. The van der Waals surface area contributed by atoms with Gasteiger partial charge in [-0.1, -0.05) is 0 Å². The Morgan fingerprint density at radius 2 is 1.82 bits per heavy atom. The highest BCUT2D eigenvalue weighted by atomic mass is 32.2. The van der Waals surface area contributed by atoms with Gasteiger partial charge in [0.15, 0.2) is 11.6 Å². The van der Waals surface area contributed by atoms with Crippen molar-refractivity contribution in [2.24, 2.45) is 0 Å². The quantitative estimate of drug-likeness (QED) is 0.915. The van der Waals surface area contributed by atoms with Crippen LogP contribution in [0.15, 0.2) is 41.3 Å². The Bertz CT molecular complexity index is 791. The maximum Gasteiger partial charge on any atom is 0.261 e. The van der Waals surface area contributed by atoms with E-state index in [0.717, 1.165) is 18.2 Å². The summed E-state index contributed by atoms with van der Waals surface area (Å²) in [5.41, 5.74) is 0.612. The standard InChI is InChI=1S/C15H15F2NO3S/c1-3-21-15-7-5-12(8-10(15)2)22(19,20)18-11-4-6-13(16)14(17)9-11/h4-9,18H,3H2,1-2H3. The molecule has 2 aromatic carbocycles. The highest BCUT2D eigenvalue weighted by Crippen LogP contribution is 2.24. The zero-order chi connectivity index (χ0) is 16.3. The minimum Gasteiger partial charge on any atom is -0.494 e. The van der Waals surface area contributed by atoms with Gasteiger partial charge in [-0.15, -0.1) is 0 Å². The SMILES string of the molecule is CCOc1ccc(S(=O)(=O)Nc2ccc(F)c(F)c2)cc1C. The van der Waals surface area contributed by atoms with Crippen LogP contribution in [0.4, 0.5) is 14.5 Å². The van der Waals surface area contributed by atoms with E-state index in [0.29, 0.717) is 17.9 Å². The molecule has 4 nitrogen and oxygen atoms in total. The average Bonchev–Trinajstić information content (AvgIpc) is 2.45. The Balaban J connectivity index is 2.30. The van der Waals surface area contributed by atoms with Crippen molar-refractivity contribution in [2.75, 3.05) is 11.3 Å². The maximum absolute atomic E-state index is 13.1. The monoisotopic (exact) mass is 327 g/mol. The van der Waals surface area contributed by atoms with Gasteiger partial charge in [-0.2, -0.15) is 0 Å². The van der Waals surface area contributed by atoms with Crippen molar-refractivity contribution in [1.29, 1.82) is 0 Å². The summed E-state index contributed by atoms with van der Waals surface area (Å²) >= 11 is 0. The van der Waals surface area contributed by atoms with Gasteiger partial charge < -0.3 is 4.74 Å². The lowest BCUT2D eigenvalue weighted by Gasteiger charge is -2.11. The molecule has 2 aromatic rings. The van der Waals surface area contributed by atoms with E-state index in [9.17, 15) is 17.2 Å². The topological polar surface area (TPSA) is 55.4 Å². The van der Waals surface area contributed by atoms with Crippen molar-refractivity contribution < 1.29 is 21.9 Å². The molecule has 0 saturated carbocycles. The van der Waals surface area contributed by atoms with Gasteiger partial charge in [-0.05, 0) is 49.7 Å². The molecule has 0 aliphatic rings. The lowest BCUT2D eigenvalue weighted by atomic mass is 10.2. The molecule has 0 aliphatic heterocycles. The third-order valence-electron chi connectivity index (χ3n) is 2.93. The van der Waals surface area contributed by atoms with Crippen molar-refractivity contribution in [3.05, 3.63) is 53.6 Å². The molecule has 118 valence electrons. The Morgan fingerprint density at radius 1 is 1.09 bits per heavy atom. The van der Waals surface area contributed by atoms with Crippen LogP contribution in [0.2, 0.25) is 0 Å². The second-order valence-corrected chi connectivity index (χ2v) is 6.28. The van der Waals surface area contributed by atoms with Crippen LogP contribution < -0.4 is 9.46 Å². The number of rotatable bonds is 5. The summed E-state index contributed by atoms with van der Waals surface area (Å²) in [7, 11) is -3.89. The molecule has 1 N–H and O–H groups in total. The highest BCUT2D eigenvalue weighted by molar-refractivity contribution is 7.92. The molecule has 0 aromatic heterocycles. The zero-order valence-corrected chi connectivity index (χ0v) is 12.9. The molecule has 0 unspecified atom stereocenters. The predicted octanol–water partition coefficient (Wildman–Crippen LogP) is 3.47. The Morgan fingerprint density at radius 3 is 2.41 bits per heavy atom. The molecule has 0 spiro atoms. The molecular formula is C15H15F2NO3S. The smallest absolute Gasteiger partial charge is 0.261 e. The van der Waals surface area contributed by atoms with Gasteiger partial charge in [0.05, 0.1) is 17.2 Å². The van der Waals surface area contributed by atoms with Gasteiger partial charge in [0.2, 0.25) is 0 Å². The zero-order valence-electron chi connectivity index (χ0n) is 12.1. The number of halogens is 2. The molecule has 0 fully saturated rings. The molecule has 2 rings (SSSR count). The van der Waals surface area contributed by atoms with Gasteiger partial charge in [-0.3, -0.25) is 4.72 Å². The van der Waals surface area contributed by atoms with Crippen LogP contribution in [-0.2, 0) is 10.0 Å². The van der Waals surface area contributed by atoms with Crippen molar-refractivity contribution in [2.45, 2.75) is 18.7 Å². The van der Waals surface area contributed by atoms with Crippen LogP contribution in [-0.4, -0.2) is 15.0 Å². The van der Waals surface area contributed by atoms with Crippen molar-refractivity contribution >= 4 is 15.7 Å². The molecule has 0 amide bonds. The Kier molecular flexibility index (Phi) is 4.65. The van der Waals surface area contributed by atoms with E-state index >= 15 is 0 Å². The number of aryl methyl sites for hydroxylation is 1. The number of benzene rings is 2. The number of nitrogens with one attached hydrogen (secondary N) is 1. The summed E-state index contributed by atoms with van der Waals surface area (Å²) in [6, 6.07) is 7.19. The van der Waals surface area contributed by atoms with E-state index in [1.165, 1.54) is 12.1 Å². The van der Waals surface area contributed by atoms with Crippen LogP contribution in [0.1, 0.15) is 12.5 Å². The number of sulfonamides is 1. The first-order valence-corrected chi connectivity index (χ1v) is 8.03. The third kappa shape index (κ3) is 3.54. The van der Waals surface area contributed by atoms with Gasteiger partial charge in [-0.25, -0.2) is 17.2 Å². The van der Waals surface area contributed by atoms with Gasteiger partial charge in [0.25, 0.3) is 10.0 Å². The fourth-order valence-electron chi connectivity index (χ4n) is 1.88. The second kappa shape index (κ2) is 6.31. The Labute approximate surface area is 127 Å². The molecule has 0 radical (unpaired) electrons. The largest absolute Gasteiger partial charge is 0.494 e. The van der Waals surface area contributed by atoms with E-state index in [1.54, 1.807) is 13.0 Å². The van der Waals surface area contributed by atoms with E-state index in [-0.39, 0.29) is 10.6 Å². The number of anilines is 1. The van der Waals surface area contributed by atoms with Crippen LogP contribution in [0.3, 0.4) is 0 Å². The van der Waals surface area contributed by atoms with Crippen molar-refractivity contribution in [3.8, 4) is 5.75 Å². The van der Waals surface area contributed by atoms with E-state index < -0.39 is 21.7 Å². The van der Waals surface area contributed by atoms with Crippen LogP contribution >= 0.6 is 0 Å². The second-order valence-electron chi connectivity index (χ2n) is 4.59. The molecule has 7 heteroatoms. The molecule has 22 heavy (non-hydrogen) atoms. The van der Waals surface area contributed by atoms with Gasteiger partial charge in [0.1, 0.15) is 5.75 Å². The maximum atomic E-state index is 13.1. The fraction of sp³-hybridized carbons (Fsp3) is 0.200. The van der Waals surface area contributed by atoms with E-state index in [1.807, 2.05) is 6.92 Å². The molecule has 0 bridgehead atoms. The first-order chi connectivity index (χ1) is 10.3. The summed E-state index contributed by atoms with van der Waals surface area (Å²) in [4.78, 5) is 0.0122. The summed E-state index contributed by atoms with van der Waals surface area (Å²) in [6.45, 7) is 4.02. The molecular weight excluding hydrogens is 312 g/mol. The fourth-order valence-corrected chi connectivity index (χ4v) is 3.01. The first kappa shape index (κ1) is 16.2.